The monoisotopic (exact) mass is 292 g/mol. The first-order chi connectivity index (χ1) is 10.1. The van der Waals surface area contributed by atoms with Gasteiger partial charge in [-0.05, 0) is 36.2 Å². The van der Waals surface area contributed by atoms with Crippen LogP contribution in [0.25, 0.3) is 0 Å². The van der Waals surface area contributed by atoms with Gasteiger partial charge in [0.15, 0.2) is 0 Å². The number of benzene rings is 1. The van der Waals surface area contributed by atoms with Crippen molar-refractivity contribution >= 4 is 6.03 Å². The van der Waals surface area contributed by atoms with Gasteiger partial charge in [-0.15, -0.1) is 0 Å². The zero-order chi connectivity index (χ0) is 15.2. The van der Waals surface area contributed by atoms with Gasteiger partial charge in [0, 0.05) is 6.54 Å². The molecule has 0 aliphatic rings. The highest BCUT2D eigenvalue weighted by molar-refractivity contribution is 5.73. The number of aliphatic hydroxyl groups excluding tert-OH is 1. The van der Waals surface area contributed by atoms with Crippen molar-refractivity contribution < 1.29 is 18.7 Å². The molecular weight excluding hydrogens is 275 g/mol. The molecule has 0 saturated carbocycles. The predicted molar refractivity (Wildman–Crippen MR) is 75.0 cm³/mol. The molecule has 0 spiro atoms. The van der Waals surface area contributed by atoms with E-state index in [0.29, 0.717) is 11.3 Å². The van der Waals surface area contributed by atoms with Crippen molar-refractivity contribution in [3.63, 3.8) is 0 Å². The summed E-state index contributed by atoms with van der Waals surface area (Å²) in [4.78, 5) is 11.6. The summed E-state index contributed by atoms with van der Waals surface area (Å²) < 4.78 is 18.1. The lowest BCUT2D eigenvalue weighted by Gasteiger charge is -2.11. The normalized spacial score (nSPS) is 12.0. The molecule has 0 aliphatic heterocycles. The molecule has 0 bridgehead atoms. The molecule has 1 heterocycles. The number of carbonyl (C=O) groups excluding carboxylic acids is 1. The number of hydrogen-bond acceptors (Lipinski definition) is 3. The van der Waals surface area contributed by atoms with E-state index in [4.69, 9.17) is 4.42 Å². The molecule has 5 nitrogen and oxygen atoms in total. The Bertz CT molecular complexity index is 599. The second-order valence-electron chi connectivity index (χ2n) is 4.68. The van der Waals surface area contributed by atoms with Gasteiger partial charge in [0.2, 0.25) is 0 Å². The van der Waals surface area contributed by atoms with Gasteiger partial charge in [-0.1, -0.05) is 12.1 Å². The SMILES string of the molecule is Cc1cc(CNC(=O)NCC(O)c2ccco2)ccc1F. The van der Waals surface area contributed by atoms with E-state index in [1.807, 2.05) is 0 Å². The minimum absolute atomic E-state index is 0.0434. The van der Waals surface area contributed by atoms with E-state index in [1.54, 1.807) is 31.2 Å². The summed E-state index contributed by atoms with van der Waals surface area (Å²) in [5.41, 5.74) is 1.33. The first-order valence-electron chi connectivity index (χ1n) is 6.54. The molecule has 3 N–H and O–H groups in total. The number of halogens is 1. The van der Waals surface area contributed by atoms with Crippen molar-refractivity contribution in [2.75, 3.05) is 6.54 Å². The summed E-state index contributed by atoms with van der Waals surface area (Å²) in [5, 5.41) is 14.9. The molecule has 0 fully saturated rings. The number of furan rings is 1. The summed E-state index contributed by atoms with van der Waals surface area (Å²) >= 11 is 0. The lowest BCUT2D eigenvalue weighted by Crippen LogP contribution is -2.37. The van der Waals surface area contributed by atoms with Crippen LogP contribution >= 0.6 is 0 Å². The van der Waals surface area contributed by atoms with Crippen molar-refractivity contribution in [3.05, 3.63) is 59.3 Å². The largest absolute Gasteiger partial charge is 0.467 e. The van der Waals surface area contributed by atoms with E-state index in [0.717, 1.165) is 5.56 Å². The van der Waals surface area contributed by atoms with Gasteiger partial charge in [0.1, 0.15) is 17.7 Å². The highest BCUT2D eigenvalue weighted by Crippen LogP contribution is 2.11. The topological polar surface area (TPSA) is 74.5 Å². The number of nitrogens with one attached hydrogen (secondary N) is 2. The Morgan fingerprint density at radius 2 is 2.19 bits per heavy atom. The number of aliphatic hydroxyl groups is 1. The summed E-state index contributed by atoms with van der Waals surface area (Å²) in [6, 6.07) is 7.53. The molecule has 112 valence electrons. The van der Waals surface area contributed by atoms with Crippen molar-refractivity contribution in [2.45, 2.75) is 19.6 Å². The van der Waals surface area contributed by atoms with Crippen LogP contribution in [0.15, 0.2) is 41.0 Å². The van der Waals surface area contributed by atoms with Crippen molar-refractivity contribution in [2.24, 2.45) is 0 Å². The quantitative estimate of drug-likeness (QED) is 0.791. The average molecular weight is 292 g/mol. The molecule has 1 aromatic heterocycles. The van der Waals surface area contributed by atoms with E-state index in [9.17, 15) is 14.3 Å². The van der Waals surface area contributed by atoms with Crippen LogP contribution in [0.4, 0.5) is 9.18 Å². The van der Waals surface area contributed by atoms with E-state index in [-0.39, 0.29) is 18.9 Å². The number of rotatable bonds is 5. The van der Waals surface area contributed by atoms with E-state index in [2.05, 4.69) is 10.6 Å². The molecule has 0 aliphatic carbocycles. The molecule has 21 heavy (non-hydrogen) atoms. The number of urea groups is 1. The number of amides is 2. The molecule has 2 rings (SSSR count). The first-order valence-corrected chi connectivity index (χ1v) is 6.54. The zero-order valence-electron chi connectivity index (χ0n) is 11.6. The van der Waals surface area contributed by atoms with E-state index >= 15 is 0 Å². The van der Waals surface area contributed by atoms with Crippen LogP contribution in [0.5, 0.6) is 0 Å². The van der Waals surface area contributed by atoms with Crippen LogP contribution in [0.2, 0.25) is 0 Å². The van der Waals surface area contributed by atoms with Gasteiger partial charge in [-0.3, -0.25) is 0 Å². The summed E-state index contributed by atoms with van der Waals surface area (Å²) in [6.45, 7) is 1.99. The second kappa shape index (κ2) is 6.90. The molecular formula is C15H17FN2O3. The van der Waals surface area contributed by atoms with Gasteiger partial charge in [-0.2, -0.15) is 0 Å². The molecule has 2 amide bonds. The van der Waals surface area contributed by atoms with Crippen molar-refractivity contribution in [3.8, 4) is 0 Å². The number of aryl methyl sites for hydroxylation is 1. The van der Waals surface area contributed by atoms with Gasteiger partial charge in [0.25, 0.3) is 0 Å². The van der Waals surface area contributed by atoms with Crippen LogP contribution in [0.1, 0.15) is 23.0 Å². The smallest absolute Gasteiger partial charge is 0.315 e. The fourth-order valence-corrected chi connectivity index (χ4v) is 1.83. The maximum atomic E-state index is 13.1. The lowest BCUT2D eigenvalue weighted by molar-refractivity contribution is 0.148. The Kier molecular flexibility index (Phi) is 4.94. The summed E-state index contributed by atoms with van der Waals surface area (Å²) in [5.74, 6) is 0.120. The van der Waals surface area contributed by atoms with Gasteiger partial charge < -0.3 is 20.2 Å². The Hall–Kier alpha value is -2.34. The first kappa shape index (κ1) is 15.1. The maximum absolute atomic E-state index is 13.1. The molecule has 0 saturated heterocycles. The molecule has 1 atom stereocenters. The molecule has 1 aromatic carbocycles. The Labute approximate surface area is 121 Å². The third-order valence-corrected chi connectivity index (χ3v) is 3.00. The Morgan fingerprint density at radius 1 is 1.38 bits per heavy atom. The standard InChI is InChI=1S/C15H17FN2O3/c1-10-7-11(4-5-12(10)16)8-17-15(20)18-9-13(19)14-3-2-6-21-14/h2-7,13,19H,8-9H2,1H3,(H2,17,18,20). The molecule has 1 unspecified atom stereocenters. The van der Waals surface area contributed by atoms with E-state index in [1.165, 1.54) is 12.3 Å². The molecule has 6 heteroatoms. The second-order valence-corrected chi connectivity index (χ2v) is 4.68. The van der Waals surface area contributed by atoms with Crippen LogP contribution in [-0.4, -0.2) is 17.7 Å². The third kappa shape index (κ3) is 4.32. The maximum Gasteiger partial charge on any atom is 0.315 e. The van der Waals surface area contributed by atoms with E-state index < -0.39 is 12.1 Å². The number of hydrogen-bond donors (Lipinski definition) is 3. The van der Waals surface area contributed by atoms with Gasteiger partial charge >= 0.3 is 6.03 Å². The molecule has 0 radical (unpaired) electrons. The highest BCUT2D eigenvalue weighted by atomic mass is 19.1. The zero-order valence-corrected chi connectivity index (χ0v) is 11.6. The van der Waals surface area contributed by atoms with Crippen LogP contribution in [0.3, 0.4) is 0 Å². The Morgan fingerprint density at radius 3 is 2.86 bits per heavy atom. The summed E-state index contributed by atoms with van der Waals surface area (Å²) in [7, 11) is 0. The molecule has 2 aromatic rings. The van der Waals surface area contributed by atoms with Crippen molar-refractivity contribution in [1.29, 1.82) is 0 Å². The van der Waals surface area contributed by atoms with Gasteiger partial charge in [0.05, 0.1) is 12.8 Å². The predicted octanol–water partition coefficient (Wildman–Crippen LogP) is 2.26. The third-order valence-electron chi connectivity index (χ3n) is 3.00. The van der Waals surface area contributed by atoms with Crippen LogP contribution in [-0.2, 0) is 6.54 Å². The fourth-order valence-electron chi connectivity index (χ4n) is 1.83. The lowest BCUT2D eigenvalue weighted by atomic mass is 10.1. The number of carbonyl (C=O) groups is 1. The minimum Gasteiger partial charge on any atom is -0.467 e. The van der Waals surface area contributed by atoms with Crippen LogP contribution < -0.4 is 10.6 Å². The fraction of sp³-hybridized carbons (Fsp3) is 0.267. The minimum atomic E-state index is -0.890. The highest BCUT2D eigenvalue weighted by Gasteiger charge is 2.11. The van der Waals surface area contributed by atoms with Crippen molar-refractivity contribution in [1.82, 2.24) is 10.6 Å². The summed E-state index contributed by atoms with van der Waals surface area (Å²) in [6.07, 6.45) is 0.564. The Balaban J connectivity index is 1.75. The average Bonchev–Trinajstić information content (AvgIpc) is 3.00. The van der Waals surface area contributed by atoms with Crippen LogP contribution in [0, 0.1) is 12.7 Å². The van der Waals surface area contributed by atoms with Gasteiger partial charge in [-0.25, -0.2) is 9.18 Å².